The minimum absolute atomic E-state index is 0.0196. The van der Waals surface area contributed by atoms with Crippen molar-refractivity contribution >= 4 is 44.6 Å². The van der Waals surface area contributed by atoms with Crippen molar-refractivity contribution in [2.75, 3.05) is 16.5 Å². The van der Waals surface area contributed by atoms with Gasteiger partial charge in [-0.05, 0) is 99.8 Å². The molecule has 0 radical (unpaired) electrons. The summed E-state index contributed by atoms with van der Waals surface area (Å²) >= 11 is 0. The van der Waals surface area contributed by atoms with E-state index in [1.54, 1.807) is 0 Å². The molecule has 8 aromatic rings. The zero-order chi connectivity index (χ0) is 37.9. The second kappa shape index (κ2) is 13.2. The topological polar surface area (TPSA) is 33.5 Å². The molecule has 55 heavy (non-hydrogen) atoms. The molecule has 0 saturated heterocycles. The van der Waals surface area contributed by atoms with Crippen molar-refractivity contribution in [3.63, 3.8) is 0 Å². The van der Waals surface area contributed by atoms with E-state index in [0.717, 1.165) is 39.4 Å². The van der Waals surface area contributed by atoms with Crippen LogP contribution in [0.5, 0.6) is 11.5 Å². The Hall–Kier alpha value is -6.33. The normalized spacial score (nSPS) is 13.1. The van der Waals surface area contributed by atoms with Crippen LogP contribution in [0, 0.1) is 0 Å². The first-order valence-electron chi connectivity index (χ1n) is 19.1. The molecule has 1 aliphatic rings. The van der Waals surface area contributed by atoms with Crippen LogP contribution in [0.25, 0.3) is 38.8 Å². The van der Waals surface area contributed by atoms with Gasteiger partial charge in [-0.15, -0.1) is 0 Å². The third-order valence-corrected chi connectivity index (χ3v) is 10.8. The number of nitrogens with zero attached hydrogens (tertiary/aromatic N) is 4. The summed E-state index contributed by atoms with van der Waals surface area (Å²) in [6.45, 7) is 14.2. The quantitative estimate of drug-likeness (QED) is 0.171. The van der Waals surface area contributed by atoms with Gasteiger partial charge < -0.3 is 14.5 Å². The van der Waals surface area contributed by atoms with E-state index in [1.165, 1.54) is 44.7 Å². The first kappa shape index (κ1) is 34.4. The predicted molar refractivity (Wildman–Crippen MR) is 230 cm³/mol. The molecule has 0 saturated carbocycles. The molecule has 3 heterocycles. The van der Waals surface area contributed by atoms with E-state index >= 15 is 0 Å². The maximum Gasteiger partial charge on any atom is 0.137 e. The van der Waals surface area contributed by atoms with Gasteiger partial charge in [0.1, 0.15) is 24.0 Å². The molecule has 0 atom stereocenters. The first-order valence-corrected chi connectivity index (χ1v) is 19.1. The van der Waals surface area contributed by atoms with Gasteiger partial charge in [-0.25, -0.2) is 4.98 Å². The number of para-hydroxylation sites is 2. The van der Waals surface area contributed by atoms with Crippen LogP contribution in [0.15, 0.2) is 158 Å². The molecule has 0 bridgehead atoms. The van der Waals surface area contributed by atoms with Gasteiger partial charge in [-0.1, -0.05) is 114 Å². The lowest BCUT2D eigenvalue weighted by molar-refractivity contribution is 0.483. The maximum absolute atomic E-state index is 6.75. The van der Waals surface area contributed by atoms with E-state index in [4.69, 9.17) is 9.72 Å². The Morgan fingerprint density at radius 3 is 1.89 bits per heavy atom. The number of benzene rings is 6. The predicted octanol–water partition coefficient (Wildman–Crippen LogP) is 13.5. The number of ether oxygens (including phenoxy) is 1. The van der Waals surface area contributed by atoms with Gasteiger partial charge in [0.25, 0.3) is 0 Å². The Labute approximate surface area is 324 Å². The second-order valence-electron chi connectivity index (χ2n) is 16.6. The monoisotopic (exact) mass is 718 g/mol. The van der Waals surface area contributed by atoms with E-state index in [1.807, 2.05) is 12.3 Å². The Morgan fingerprint density at radius 2 is 1.16 bits per heavy atom. The Bertz CT molecular complexity index is 2700. The summed E-state index contributed by atoms with van der Waals surface area (Å²) in [5, 5.41) is 2.35. The average molecular weight is 719 g/mol. The maximum atomic E-state index is 6.75. The lowest BCUT2D eigenvalue weighted by atomic mass is 9.87. The van der Waals surface area contributed by atoms with Crippen molar-refractivity contribution in [1.82, 2.24) is 9.55 Å². The van der Waals surface area contributed by atoms with E-state index in [9.17, 15) is 0 Å². The zero-order valence-electron chi connectivity index (χ0n) is 32.4. The Balaban J connectivity index is 1.11. The van der Waals surface area contributed by atoms with E-state index in [-0.39, 0.29) is 10.8 Å². The number of rotatable bonds is 6. The lowest BCUT2D eigenvalue weighted by Crippen LogP contribution is -2.24. The molecule has 0 aliphatic carbocycles. The number of anilines is 4. The third-order valence-electron chi connectivity index (χ3n) is 10.8. The van der Waals surface area contributed by atoms with Crippen LogP contribution in [0.4, 0.5) is 22.7 Å². The lowest BCUT2D eigenvalue weighted by Gasteiger charge is -2.25. The van der Waals surface area contributed by atoms with Gasteiger partial charge in [0, 0.05) is 40.5 Å². The summed E-state index contributed by atoms with van der Waals surface area (Å²) in [6.07, 6.45) is 1.93. The van der Waals surface area contributed by atoms with Crippen LogP contribution >= 0.6 is 0 Å². The number of hydrogen-bond acceptors (Lipinski definition) is 4. The molecular formula is C50H46N4O. The molecule has 0 fully saturated rings. The molecule has 9 rings (SSSR count). The molecule has 0 amide bonds. The largest absolute Gasteiger partial charge is 0.457 e. The van der Waals surface area contributed by atoms with Crippen LogP contribution in [0.2, 0.25) is 0 Å². The van der Waals surface area contributed by atoms with Gasteiger partial charge >= 0.3 is 0 Å². The highest BCUT2D eigenvalue weighted by atomic mass is 16.5. The van der Waals surface area contributed by atoms with E-state index in [0.29, 0.717) is 6.67 Å². The number of hydrogen-bond donors (Lipinski definition) is 0. The van der Waals surface area contributed by atoms with Crippen molar-refractivity contribution < 1.29 is 4.74 Å². The Morgan fingerprint density at radius 1 is 0.527 bits per heavy atom. The van der Waals surface area contributed by atoms with Crippen molar-refractivity contribution in [3.05, 3.63) is 169 Å². The van der Waals surface area contributed by atoms with Crippen LogP contribution in [0.1, 0.15) is 52.7 Å². The summed E-state index contributed by atoms with van der Waals surface area (Å²) < 4.78 is 9.04. The minimum Gasteiger partial charge on any atom is -0.457 e. The first-order chi connectivity index (χ1) is 26.5. The Kier molecular flexibility index (Phi) is 8.27. The SMILES string of the molecule is CC(C)(C)c1cccc(N2CN(c3cccc(Oc4ccc5c6c(-c7ccccc7)cccc6n(-c6cc(C(C)(C)C)ccn6)c5c4)c3)c3ccccc32)c1. The molecule has 5 nitrogen and oxygen atoms in total. The van der Waals surface area contributed by atoms with Crippen LogP contribution in [-0.2, 0) is 10.8 Å². The summed E-state index contributed by atoms with van der Waals surface area (Å²) in [6, 6.07) is 54.0. The molecule has 0 unspecified atom stereocenters. The fourth-order valence-electron chi connectivity index (χ4n) is 7.87. The van der Waals surface area contributed by atoms with Crippen molar-refractivity contribution in [3.8, 4) is 28.4 Å². The summed E-state index contributed by atoms with van der Waals surface area (Å²) in [5.41, 5.74) is 11.8. The highest BCUT2D eigenvalue weighted by molar-refractivity contribution is 6.16. The second-order valence-corrected chi connectivity index (χ2v) is 16.6. The average Bonchev–Trinajstić information content (AvgIpc) is 3.74. The summed E-state index contributed by atoms with van der Waals surface area (Å²) in [7, 11) is 0. The van der Waals surface area contributed by atoms with Crippen LogP contribution in [0.3, 0.4) is 0 Å². The highest BCUT2D eigenvalue weighted by Crippen LogP contribution is 2.46. The molecular weight excluding hydrogens is 673 g/mol. The molecule has 1 aliphatic heterocycles. The number of pyridine rings is 1. The fourth-order valence-corrected chi connectivity index (χ4v) is 7.87. The molecule has 0 N–H and O–H groups in total. The molecule has 272 valence electrons. The van der Waals surface area contributed by atoms with Gasteiger partial charge in [-0.3, -0.25) is 4.57 Å². The number of aromatic nitrogens is 2. The van der Waals surface area contributed by atoms with Gasteiger partial charge in [0.2, 0.25) is 0 Å². The zero-order valence-corrected chi connectivity index (χ0v) is 32.4. The molecule has 0 spiro atoms. The fraction of sp³-hybridized carbons (Fsp3) is 0.180. The van der Waals surface area contributed by atoms with Crippen molar-refractivity contribution in [2.45, 2.75) is 52.4 Å². The molecule has 5 heteroatoms. The van der Waals surface area contributed by atoms with Crippen molar-refractivity contribution in [2.24, 2.45) is 0 Å². The number of fused-ring (bicyclic) bond motifs is 4. The van der Waals surface area contributed by atoms with Crippen molar-refractivity contribution in [1.29, 1.82) is 0 Å². The summed E-state index contributed by atoms with van der Waals surface area (Å²) in [4.78, 5) is 9.71. The standard InChI is InChI=1S/C50H46N4O/c1-49(2,3)35-17-12-18-37(29-35)52-33-53(44-23-11-10-22-43(44)52)38-19-13-20-39(31-38)55-40-25-26-42-46(32-40)54(47-30-36(27-28-51-47)50(4,5)6)45-24-14-21-41(48(42)45)34-15-8-7-9-16-34/h7-32H,33H2,1-6H3. The van der Waals surface area contributed by atoms with Gasteiger partial charge in [-0.2, -0.15) is 0 Å². The smallest absolute Gasteiger partial charge is 0.137 e. The van der Waals surface area contributed by atoms with E-state index in [2.05, 4.69) is 202 Å². The molecule has 6 aromatic carbocycles. The van der Waals surface area contributed by atoms with Gasteiger partial charge in [0.05, 0.1) is 22.4 Å². The molecule has 2 aromatic heterocycles. The summed E-state index contributed by atoms with van der Waals surface area (Å²) in [5.74, 6) is 2.44. The van der Waals surface area contributed by atoms with Crippen LogP contribution in [-0.4, -0.2) is 16.2 Å². The third kappa shape index (κ3) is 6.30. The highest BCUT2D eigenvalue weighted by Gasteiger charge is 2.29. The van der Waals surface area contributed by atoms with Gasteiger partial charge in [0.15, 0.2) is 0 Å². The van der Waals surface area contributed by atoms with E-state index < -0.39 is 0 Å². The minimum atomic E-state index is -0.0196. The van der Waals surface area contributed by atoms with Crippen LogP contribution < -0.4 is 14.5 Å².